The SMILES string of the molecule is CCN(Cc1cc(F)cc(C(N)=S)c1)c1ccccc1C. The predicted molar refractivity (Wildman–Crippen MR) is 90.2 cm³/mol. The lowest BCUT2D eigenvalue weighted by Crippen LogP contribution is -2.23. The molecule has 2 N–H and O–H groups in total. The van der Waals surface area contributed by atoms with Crippen LogP contribution in [-0.2, 0) is 6.54 Å². The van der Waals surface area contributed by atoms with Crippen molar-refractivity contribution >= 4 is 22.9 Å². The van der Waals surface area contributed by atoms with Crippen molar-refractivity contribution in [3.05, 3.63) is 65.0 Å². The lowest BCUT2D eigenvalue weighted by Gasteiger charge is -2.25. The number of aryl methyl sites for hydroxylation is 1. The number of rotatable bonds is 5. The van der Waals surface area contributed by atoms with Crippen LogP contribution in [0, 0.1) is 12.7 Å². The van der Waals surface area contributed by atoms with Crippen molar-refractivity contribution in [3.8, 4) is 0 Å². The van der Waals surface area contributed by atoms with E-state index in [-0.39, 0.29) is 10.8 Å². The number of hydrogen-bond donors (Lipinski definition) is 1. The molecule has 2 aromatic carbocycles. The zero-order valence-corrected chi connectivity index (χ0v) is 13.1. The van der Waals surface area contributed by atoms with Crippen LogP contribution < -0.4 is 10.6 Å². The predicted octanol–water partition coefficient (Wildman–Crippen LogP) is 3.79. The molecule has 0 saturated heterocycles. The first-order valence-corrected chi connectivity index (χ1v) is 7.32. The third-order valence-electron chi connectivity index (χ3n) is 3.45. The van der Waals surface area contributed by atoms with Gasteiger partial charge in [-0.3, -0.25) is 0 Å². The lowest BCUT2D eigenvalue weighted by atomic mass is 10.1. The van der Waals surface area contributed by atoms with Crippen molar-refractivity contribution in [1.82, 2.24) is 0 Å². The van der Waals surface area contributed by atoms with Gasteiger partial charge in [-0.25, -0.2) is 4.39 Å². The summed E-state index contributed by atoms with van der Waals surface area (Å²) in [5.41, 5.74) is 9.39. The molecule has 0 bridgehead atoms. The molecule has 0 aliphatic heterocycles. The van der Waals surface area contributed by atoms with Crippen molar-refractivity contribution in [2.45, 2.75) is 20.4 Å². The topological polar surface area (TPSA) is 29.3 Å². The average molecular weight is 302 g/mol. The fourth-order valence-corrected chi connectivity index (χ4v) is 2.51. The number of benzene rings is 2. The minimum absolute atomic E-state index is 0.217. The van der Waals surface area contributed by atoms with Gasteiger partial charge in [0.1, 0.15) is 10.8 Å². The first-order valence-electron chi connectivity index (χ1n) is 6.91. The zero-order chi connectivity index (χ0) is 15.4. The van der Waals surface area contributed by atoms with Crippen LogP contribution in [0.15, 0.2) is 42.5 Å². The number of nitrogens with zero attached hydrogens (tertiary/aromatic N) is 1. The summed E-state index contributed by atoms with van der Waals surface area (Å²) in [7, 11) is 0. The van der Waals surface area contributed by atoms with Crippen LogP contribution >= 0.6 is 12.2 Å². The van der Waals surface area contributed by atoms with E-state index in [1.165, 1.54) is 17.7 Å². The molecule has 0 fully saturated rings. The van der Waals surface area contributed by atoms with Gasteiger partial charge in [-0.1, -0.05) is 30.4 Å². The average Bonchev–Trinajstić information content (AvgIpc) is 2.45. The third kappa shape index (κ3) is 3.79. The maximum absolute atomic E-state index is 13.7. The minimum Gasteiger partial charge on any atom is -0.389 e. The van der Waals surface area contributed by atoms with E-state index >= 15 is 0 Å². The van der Waals surface area contributed by atoms with E-state index in [0.29, 0.717) is 12.1 Å². The van der Waals surface area contributed by atoms with E-state index in [1.54, 1.807) is 0 Å². The normalized spacial score (nSPS) is 10.4. The van der Waals surface area contributed by atoms with Gasteiger partial charge in [-0.05, 0) is 49.2 Å². The number of para-hydroxylation sites is 1. The number of halogens is 1. The Kier molecular flexibility index (Phi) is 4.91. The van der Waals surface area contributed by atoms with Crippen LogP contribution in [0.5, 0.6) is 0 Å². The molecule has 4 heteroatoms. The molecule has 2 rings (SSSR count). The van der Waals surface area contributed by atoms with Crippen molar-refractivity contribution < 1.29 is 4.39 Å². The van der Waals surface area contributed by atoms with Gasteiger partial charge in [0, 0.05) is 24.3 Å². The van der Waals surface area contributed by atoms with Crippen molar-refractivity contribution in [3.63, 3.8) is 0 Å². The van der Waals surface area contributed by atoms with Gasteiger partial charge in [-0.2, -0.15) is 0 Å². The standard InChI is InChI=1S/C17H19FN2S/c1-3-20(16-7-5-4-6-12(16)2)11-13-8-14(17(19)21)10-15(18)9-13/h4-10H,3,11H2,1-2H3,(H2,19,21). The van der Waals surface area contributed by atoms with E-state index < -0.39 is 0 Å². The molecule has 0 aliphatic rings. The highest BCUT2D eigenvalue weighted by Gasteiger charge is 2.10. The Labute approximate surface area is 130 Å². The smallest absolute Gasteiger partial charge is 0.124 e. The minimum atomic E-state index is -0.309. The molecule has 0 radical (unpaired) electrons. The molecular formula is C17H19FN2S. The van der Waals surface area contributed by atoms with Gasteiger partial charge in [0.15, 0.2) is 0 Å². The van der Waals surface area contributed by atoms with E-state index in [1.807, 2.05) is 18.2 Å². The Morgan fingerprint density at radius 1 is 1.24 bits per heavy atom. The molecule has 0 heterocycles. The van der Waals surface area contributed by atoms with Gasteiger partial charge in [-0.15, -0.1) is 0 Å². The molecule has 0 unspecified atom stereocenters. The number of hydrogen-bond acceptors (Lipinski definition) is 2. The van der Waals surface area contributed by atoms with Crippen LogP contribution in [0.1, 0.15) is 23.6 Å². The highest BCUT2D eigenvalue weighted by molar-refractivity contribution is 7.80. The molecule has 0 saturated carbocycles. The van der Waals surface area contributed by atoms with Gasteiger partial charge in [0.25, 0.3) is 0 Å². The van der Waals surface area contributed by atoms with Gasteiger partial charge in [0.2, 0.25) is 0 Å². The Bertz CT molecular complexity index is 655. The van der Waals surface area contributed by atoms with E-state index in [4.69, 9.17) is 18.0 Å². The summed E-state index contributed by atoms with van der Waals surface area (Å²) in [6.45, 7) is 5.61. The van der Waals surface area contributed by atoms with Crippen LogP contribution in [0.2, 0.25) is 0 Å². The van der Waals surface area contributed by atoms with Gasteiger partial charge < -0.3 is 10.6 Å². The molecule has 0 atom stereocenters. The summed E-state index contributed by atoms with van der Waals surface area (Å²) >= 11 is 4.94. The summed E-state index contributed by atoms with van der Waals surface area (Å²) in [6, 6.07) is 12.9. The van der Waals surface area contributed by atoms with Gasteiger partial charge in [0.05, 0.1) is 0 Å². The second-order valence-electron chi connectivity index (χ2n) is 5.01. The third-order valence-corrected chi connectivity index (χ3v) is 3.69. The second-order valence-corrected chi connectivity index (χ2v) is 5.45. The highest BCUT2D eigenvalue weighted by atomic mass is 32.1. The number of nitrogens with two attached hydrogens (primary N) is 1. The van der Waals surface area contributed by atoms with Crippen molar-refractivity contribution in [1.29, 1.82) is 0 Å². The number of thiocarbonyl (C=S) groups is 1. The molecule has 110 valence electrons. The second kappa shape index (κ2) is 6.68. The summed E-state index contributed by atoms with van der Waals surface area (Å²) in [5.74, 6) is -0.309. The van der Waals surface area contributed by atoms with E-state index in [9.17, 15) is 4.39 Å². The van der Waals surface area contributed by atoms with E-state index in [2.05, 4.69) is 30.9 Å². The molecule has 2 nitrogen and oxygen atoms in total. The van der Waals surface area contributed by atoms with Crippen LogP contribution in [-0.4, -0.2) is 11.5 Å². The molecule has 0 aliphatic carbocycles. The fourth-order valence-electron chi connectivity index (χ4n) is 2.39. The molecule has 0 aromatic heterocycles. The molecule has 0 amide bonds. The Morgan fingerprint density at radius 3 is 2.57 bits per heavy atom. The molecule has 2 aromatic rings. The van der Waals surface area contributed by atoms with Crippen LogP contribution in [0.4, 0.5) is 10.1 Å². The molecule has 0 spiro atoms. The monoisotopic (exact) mass is 302 g/mol. The summed E-state index contributed by atoms with van der Waals surface area (Å²) < 4.78 is 13.7. The van der Waals surface area contributed by atoms with Crippen molar-refractivity contribution in [2.24, 2.45) is 5.73 Å². The fraction of sp³-hybridized carbons (Fsp3) is 0.235. The van der Waals surface area contributed by atoms with Crippen LogP contribution in [0.3, 0.4) is 0 Å². The largest absolute Gasteiger partial charge is 0.389 e. The lowest BCUT2D eigenvalue weighted by molar-refractivity contribution is 0.624. The summed E-state index contributed by atoms with van der Waals surface area (Å²) in [6.07, 6.45) is 0. The quantitative estimate of drug-likeness (QED) is 0.852. The first kappa shape index (κ1) is 15.4. The Morgan fingerprint density at radius 2 is 1.95 bits per heavy atom. The Hall–Kier alpha value is -1.94. The maximum Gasteiger partial charge on any atom is 0.124 e. The molecule has 21 heavy (non-hydrogen) atoms. The van der Waals surface area contributed by atoms with Crippen LogP contribution in [0.25, 0.3) is 0 Å². The van der Waals surface area contributed by atoms with Gasteiger partial charge >= 0.3 is 0 Å². The van der Waals surface area contributed by atoms with Crippen molar-refractivity contribution in [2.75, 3.05) is 11.4 Å². The summed E-state index contributed by atoms with van der Waals surface area (Å²) in [5, 5.41) is 0. The Balaban J connectivity index is 2.31. The first-order chi connectivity index (χ1) is 10.0. The highest BCUT2D eigenvalue weighted by Crippen LogP contribution is 2.22. The zero-order valence-electron chi connectivity index (χ0n) is 12.3. The summed E-state index contributed by atoms with van der Waals surface area (Å²) in [4.78, 5) is 2.42. The number of anilines is 1. The van der Waals surface area contributed by atoms with E-state index in [0.717, 1.165) is 17.8 Å². The maximum atomic E-state index is 13.7. The molecular weight excluding hydrogens is 283 g/mol.